The molecule has 1 aliphatic heterocycles. The van der Waals surface area contributed by atoms with E-state index in [1.165, 1.54) is 70.6 Å². The van der Waals surface area contributed by atoms with Gasteiger partial charge in [0, 0.05) is 6.54 Å². The highest BCUT2D eigenvalue weighted by Gasteiger charge is 2.27. The van der Waals surface area contributed by atoms with Crippen molar-refractivity contribution in [3.8, 4) is 0 Å². The van der Waals surface area contributed by atoms with E-state index in [0.717, 1.165) is 18.4 Å². The number of rotatable bonds is 20. The van der Waals surface area contributed by atoms with E-state index in [1.807, 2.05) is 30.3 Å². The van der Waals surface area contributed by atoms with E-state index in [0.29, 0.717) is 26.4 Å². The summed E-state index contributed by atoms with van der Waals surface area (Å²) in [4.78, 5) is 11.9. The van der Waals surface area contributed by atoms with Gasteiger partial charge in [-0.15, -0.1) is 0 Å². The van der Waals surface area contributed by atoms with Gasteiger partial charge in [0.05, 0.1) is 19.8 Å². The summed E-state index contributed by atoms with van der Waals surface area (Å²) < 4.78 is 22.2. The summed E-state index contributed by atoms with van der Waals surface area (Å²) in [6, 6.07) is 9.98. The minimum atomic E-state index is -0.411. The number of nitrogens with one attached hydrogen (secondary N) is 1. The van der Waals surface area contributed by atoms with Crippen LogP contribution in [0.2, 0.25) is 0 Å². The SMILES string of the molecule is CCCCCCCCCCCCCCCNC(=O)OCC1COC(COCc2ccccc2)O1. The number of ether oxygens (including phenoxy) is 4. The van der Waals surface area contributed by atoms with Gasteiger partial charge in [-0.25, -0.2) is 4.79 Å². The summed E-state index contributed by atoms with van der Waals surface area (Å²) in [6.45, 7) is 4.41. The van der Waals surface area contributed by atoms with E-state index < -0.39 is 6.29 Å². The van der Waals surface area contributed by atoms with Gasteiger partial charge in [-0.1, -0.05) is 114 Å². The number of carbonyl (C=O) groups excluding carboxylic acids is 1. The second-order valence-corrected chi connectivity index (χ2v) is 9.29. The van der Waals surface area contributed by atoms with Crippen molar-refractivity contribution in [3.63, 3.8) is 0 Å². The van der Waals surface area contributed by atoms with Gasteiger partial charge in [0.25, 0.3) is 0 Å². The van der Waals surface area contributed by atoms with Gasteiger partial charge in [0.2, 0.25) is 0 Å². The molecule has 0 spiro atoms. The molecule has 1 aliphatic rings. The van der Waals surface area contributed by atoms with E-state index in [-0.39, 0.29) is 18.8 Å². The molecule has 1 aromatic rings. The Morgan fingerprint density at radius 1 is 0.882 bits per heavy atom. The Balaban J connectivity index is 1.33. The van der Waals surface area contributed by atoms with Gasteiger partial charge in [0.15, 0.2) is 6.29 Å². The molecule has 0 radical (unpaired) electrons. The van der Waals surface area contributed by atoms with E-state index in [9.17, 15) is 4.79 Å². The normalized spacial score (nSPS) is 17.7. The van der Waals surface area contributed by atoms with Crippen LogP contribution in [-0.2, 0) is 25.6 Å². The van der Waals surface area contributed by atoms with Gasteiger partial charge in [-0.2, -0.15) is 0 Å². The lowest BCUT2D eigenvalue weighted by Crippen LogP contribution is -2.30. The van der Waals surface area contributed by atoms with Crippen LogP contribution >= 0.6 is 0 Å². The molecule has 194 valence electrons. The van der Waals surface area contributed by atoms with Crippen LogP contribution in [0.1, 0.15) is 96.0 Å². The molecule has 0 aromatic heterocycles. The molecular weight excluding hydrogens is 430 g/mol. The third-order valence-electron chi connectivity index (χ3n) is 6.13. The molecule has 34 heavy (non-hydrogen) atoms. The fraction of sp³-hybridized carbons (Fsp3) is 0.750. The molecule has 1 saturated heterocycles. The van der Waals surface area contributed by atoms with Crippen LogP contribution in [0.15, 0.2) is 30.3 Å². The second-order valence-electron chi connectivity index (χ2n) is 9.29. The molecular formula is C28H47NO5. The maximum absolute atomic E-state index is 11.9. The standard InChI is InChI=1S/C28H47NO5/c1-2-3-4-5-6-7-8-9-10-11-12-13-17-20-29-28(30)33-23-26-22-32-27(34-26)24-31-21-25-18-15-14-16-19-25/h14-16,18-19,26-27H,2-13,17,20-24H2,1H3,(H,29,30). The summed E-state index contributed by atoms with van der Waals surface area (Å²) >= 11 is 0. The quantitative estimate of drug-likeness (QED) is 0.210. The summed E-state index contributed by atoms with van der Waals surface area (Å²) in [5.74, 6) is 0. The highest BCUT2D eigenvalue weighted by molar-refractivity contribution is 5.67. The zero-order valence-corrected chi connectivity index (χ0v) is 21.3. The first-order chi connectivity index (χ1) is 16.8. The van der Waals surface area contributed by atoms with Gasteiger partial charge in [-0.05, 0) is 12.0 Å². The van der Waals surface area contributed by atoms with Gasteiger partial charge >= 0.3 is 6.09 Å². The largest absolute Gasteiger partial charge is 0.447 e. The fourth-order valence-electron chi connectivity index (χ4n) is 4.08. The molecule has 6 heteroatoms. The lowest BCUT2D eigenvalue weighted by molar-refractivity contribution is -0.112. The molecule has 0 aliphatic carbocycles. The smallest absolute Gasteiger partial charge is 0.407 e. The molecule has 2 atom stereocenters. The average Bonchev–Trinajstić information content (AvgIpc) is 3.31. The lowest BCUT2D eigenvalue weighted by Gasteiger charge is -2.13. The number of amides is 1. The number of carbonyl (C=O) groups is 1. The second kappa shape index (κ2) is 19.7. The Morgan fingerprint density at radius 2 is 1.50 bits per heavy atom. The third kappa shape index (κ3) is 14.6. The fourth-order valence-corrected chi connectivity index (χ4v) is 4.08. The molecule has 1 aromatic carbocycles. The molecule has 1 fully saturated rings. The number of alkyl carbamates (subject to hydrolysis) is 1. The third-order valence-corrected chi connectivity index (χ3v) is 6.13. The molecule has 2 unspecified atom stereocenters. The van der Waals surface area contributed by atoms with Crippen LogP contribution in [0.25, 0.3) is 0 Å². The Morgan fingerprint density at radius 3 is 2.15 bits per heavy atom. The van der Waals surface area contributed by atoms with Crippen LogP contribution < -0.4 is 5.32 Å². The summed E-state index contributed by atoms with van der Waals surface area (Å²) in [5, 5.41) is 2.83. The lowest BCUT2D eigenvalue weighted by atomic mass is 10.0. The molecule has 1 amide bonds. The molecule has 1 N–H and O–H groups in total. The maximum atomic E-state index is 11.9. The minimum absolute atomic E-state index is 0.194. The number of unbranched alkanes of at least 4 members (excludes halogenated alkanes) is 12. The van der Waals surface area contributed by atoms with Crippen LogP contribution in [-0.4, -0.2) is 44.9 Å². The zero-order chi connectivity index (χ0) is 24.1. The number of benzene rings is 1. The van der Waals surface area contributed by atoms with Crippen molar-refractivity contribution in [2.75, 3.05) is 26.4 Å². The van der Waals surface area contributed by atoms with Crippen molar-refractivity contribution >= 4 is 6.09 Å². The van der Waals surface area contributed by atoms with E-state index in [4.69, 9.17) is 18.9 Å². The molecule has 1 heterocycles. The first-order valence-corrected chi connectivity index (χ1v) is 13.6. The molecule has 0 bridgehead atoms. The highest BCUT2D eigenvalue weighted by atomic mass is 16.7. The zero-order valence-electron chi connectivity index (χ0n) is 21.3. The molecule has 6 nitrogen and oxygen atoms in total. The van der Waals surface area contributed by atoms with Crippen molar-refractivity contribution in [2.45, 2.75) is 109 Å². The van der Waals surface area contributed by atoms with E-state index >= 15 is 0 Å². The Hall–Kier alpha value is -1.63. The topological polar surface area (TPSA) is 66.0 Å². The highest BCUT2D eigenvalue weighted by Crippen LogP contribution is 2.14. The minimum Gasteiger partial charge on any atom is -0.447 e. The first-order valence-electron chi connectivity index (χ1n) is 13.6. The van der Waals surface area contributed by atoms with E-state index in [1.54, 1.807) is 0 Å². The predicted octanol–water partition coefficient (Wildman–Crippen LogP) is 6.76. The van der Waals surface area contributed by atoms with Crippen molar-refractivity contribution < 1.29 is 23.7 Å². The average molecular weight is 478 g/mol. The molecule has 2 rings (SSSR count). The number of hydrogen-bond donors (Lipinski definition) is 1. The monoisotopic (exact) mass is 477 g/mol. The van der Waals surface area contributed by atoms with Crippen molar-refractivity contribution in [2.24, 2.45) is 0 Å². The van der Waals surface area contributed by atoms with Crippen LogP contribution in [0.3, 0.4) is 0 Å². The van der Waals surface area contributed by atoms with Crippen molar-refractivity contribution in [1.82, 2.24) is 5.32 Å². The van der Waals surface area contributed by atoms with Crippen LogP contribution in [0, 0.1) is 0 Å². The Labute approximate surface area is 207 Å². The Kier molecular flexibility index (Phi) is 16.5. The summed E-state index contributed by atoms with van der Waals surface area (Å²) in [7, 11) is 0. The predicted molar refractivity (Wildman–Crippen MR) is 136 cm³/mol. The maximum Gasteiger partial charge on any atom is 0.407 e. The summed E-state index contributed by atoms with van der Waals surface area (Å²) in [5.41, 5.74) is 1.11. The van der Waals surface area contributed by atoms with Crippen molar-refractivity contribution in [1.29, 1.82) is 0 Å². The molecule has 0 saturated carbocycles. The van der Waals surface area contributed by atoms with E-state index in [2.05, 4.69) is 12.2 Å². The summed E-state index contributed by atoms with van der Waals surface area (Å²) in [6.07, 6.45) is 16.1. The number of hydrogen-bond acceptors (Lipinski definition) is 5. The van der Waals surface area contributed by atoms with Crippen LogP contribution in [0.4, 0.5) is 4.79 Å². The van der Waals surface area contributed by atoms with Gasteiger partial charge in [0.1, 0.15) is 12.7 Å². The Bertz CT molecular complexity index is 612. The van der Waals surface area contributed by atoms with Gasteiger partial charge < -0.3 is 24.3 Å². The van der Waals surface area contributed by atoms with Gasteiger partial charge in [-0.3, -0.25) is 0 Å². The first kappa shape index (κ1) is 28.6. The van der Waals surface area contributed by atoms with Crippen LogP contribution in [0.5, 0.6) is 0 Å². The van der Waals surface area contributed by atoms with Crippen molar-refractivity contribution in [3.05, 3.63) is 35.9 Å².